The summed E-state index contributed by atoms with van der Waals surface area (Å²) >= 11 is 1.62. The number of esters is 1. The monoisotopic (exact) mass is 414 g/mol. The Labute approximate surface area is 180 Å². The molecule has 1 aromatic heterocycles. The topological polar surface area (TPSA) is 42.4 Å². The fraction of sp³-hybridized carbons (Fsp3) is 0.120. The summed E-state index contributed by atoms with van der Waals surface area (Å²) in [5, 5.41) is 3.05. The van der Waals surface area contributed by atoms with E-state index in [0.717, 1.165) is 22.1 Å². The third kappa shape index (κ3) is 4.58. The minimum absolute atomic E-state index is 0.307. The molecule has 0 aliphatic heterocycles. The van der Waals surface area contributed by atoms with E-state index in [4.69, 9.17) is 9.72 Å². The molecular weight excluding hydrogens is 392 g/mol. The Morgan fingerprint density at radius 3 is 2.27 bits per heavy atom. The summed E-state index contributed by atoms with van der Waals surface area (Å²) in [4.78, 5) is 19.1. The van der Waals surface area contributed by atoms with Gasteiger partial charge in [-0.15, -0.1) is 11.3 Å². The molecule has 0 saturated heterocycles. The van der Waals surface area contributed by atoms with E-state index in [1.807, 2.05) is 48.5 Å². The number of benzene rings is 3. The molecule has 4 aromatic rings. The molecular formula is C25H22N2O2S. The molecule has 0 saturated carbocycles. The predicted molar refractivity (Wildman–Crippen MR) is 122 cm³/mol. The molecule has 0 spiro atoms. The van der Waals surface area contributed by atoms with Gasteiger partial charge in [0, 0.05) is 23.2 Å². The normalized spacial score (nSPS) is 10.6. The Hall–Kier alpha value is -3.44. The van der Waals surface area contributed by atoms with Crippen LogP contribution in [0.25, 0.3) is 10.6 Å². The third-order valence-corrected chi connectivity index (χ3v) is 5.54. The van der Waals surface area contributed by atoms with E-state index < -0.39 is 0 Å². The first-order valence-corrected chi connectivity index (χ1v) is 10.7. The molecule has 0 aliphatic rings. The van der Waals surface area contributed by atoms with Crippen molar-refractivity contribution in [1.82, 2.24) is 4.98 Å². The number of thiazole rings is 1. The Kier molecular flexibility index (Phi) is 6.20. The Balaban J connectivity index is 1.67. The lowest BCUT2D eigenvalue weighted by molar-refractivity contribution is 0.0526. The van der Waals surface area contributed by atoms with Crippen molar-refractivity contribution in [2.45, 2.75) is 13.5 Å². The fourth-order valence-electron chi connectivity index (χ4n) is 3.16. The molecule has 5 heteroatoms. The van der Waals surface area contributed by atoms with Crippen LogP contribution in [0.1, 0.15) is 22.8 Å². The summed E-state index contributed by atoms with van der Waals surface area (Å²) in [6.45, 7) is 2.85. The Morgan fingerprint density at radius 2 is 1.60 bits per heavy atom. The number of anilines is 2. The largest absolute Gasteiger partial charge is 0.462 e. The van der Waals surface area contributed by atoms with E-state index in [0.29, 0.717) is 18.7 Å². The quantitative estimate of drug-likeness (QED) is 0.332. The summed E-state index contributed by atoms with van der Waals surface area (Å²) in [6, 6.07) is 28.0. The van der Waals surface area contributed by atoms with Crippen LogP contribution in [0.2, 0.25) is 0 Å². The molecule has 0 atom stereocenters. The number of rotatable bonds is 7. The van der Waals surface area contributed by atoms with E-state index in [-0.39, 0.29) is 5.97 Å². The summed E-state index contributed by atoms with van der Waals surface area (Å²) in [7, 11) is 0. The maximum Gasteiger partial charge on any atom is 0.338 e. The van der Waals surface area contributed by atoms with Crippen molar-refractivity contribution in [1.29, 1.82) is 0 Å². The fourth-order valence-corrected chi connectivity index (χ4v) is 3.98. The van der Waals surface area contributed by atoms with E-state index in [1.165, 1.54) is 5.56 Å². The first-order valence-electron chi connectivity index (χ1n) is 9.84. The number of aromatic nitrogens is 1. The van der Waals surface area contributed by atoms with E-state index in [1.54, 1.807) is 30.4 Å². The van der Waals surface area contributed by atoms with Gasteiger partial charge in [0.25, 0.3) is 0 Å². The zero-order chi connectivity index (χ0) is 20.8. The lowest BCUT2D eigenvalue weighted by Gasteiger charge is -2.23. The van der Waals surface area contributed by atoms with Gasteiger partial charge < -0.3 is 9.64 Å². The second-order valence-corrected chi connectivity index (χ2v) is 7.57. The van der Waals surface area contributed by atoms with Crippen LogP contribution in [-0.4, -0.2) is 17.6 Å². The molecule has 0 radical (unpaired) electrons. The number of carbonyl (C=O) groups is 1. The van der Waals surface area contributed by atoms with Gasteiger partial charge in [0.15, 0.2) is 0 Å². The molecule has 0 aliphatic carbocycles. The zero-order valence-corrected chi connectivity index (χ0v) is 17.5. The lowest BCUT2D eigenvalue weighted by atomic mass is 10.1. The van der Waals surface area contributed by atoms with Gasteiger partial charge in [-0.2, -0.15) is 0 Å². The second-order valence-electron chi connectivity index (χ2n) is 6.72. The molecule has 1 heterocycles. The van der Waals surface area contributed by atoms with Crippen molar-refractivity contribution in [2.75, 3.05) is 11.5 Å². The number of carbonyl (C=O) groups excluding carboxylic acids is 1. The molecule has 0 fully saturated rings. The minimum Gasteiger partial charge on any atom is -0.462 e. The van der Waals surface area contributed by atoms with Crippen molar-refractivity contribution >= 4 is 28.8 Å². The number of nitrogens with zero attached hydrogens (tertiary/aromatic N) is 2. The van der Waals surface area contributed by atoms with Gasteiger partial charge in [-0.1, -0.05) is 60.7 Å². The standard InChI is InChI=1S/C25H22N2O2S/c1-2-29-25(28)21-13-15-22(16-14-21)27(17-19-9-5-3-6-10-19)23-18-30-24(26-23)20-11-7-4-8-12-20/h3-16,18H,2,17H2,1H3. The van der Waals surface area contributed by atoms with Crippen LogP contribution in [0.4, 0.5) is 11.5 Å². The van der Waals surface area contributed by atoms with Crippen LogP contribution in [0.5, 0.6) is 0 Å². The van der Waals surface area contributed by atoms with Crippen molar-refractivity contribution in [2.24, 2.45) is 0 Å². The Bertz CT molecular complexity index is 1090. The highest BCUT2D eigenvalue weighted by Gasteiger charge is 2.16. The maximum atomic E-state index is 12.0. The third-order valence-electron chi connectivity index (χ3n) is 4.66. The zero-order valence-electron chi connectivity index (χ0n) is 16.7. The molecule has 0 unspecified atom stereocenters. The van der Waals surface area contributed by atoms with E-state index in [2.05, 4.69) is 34.5 Å². The minimum atomic E-state index is -0.307. The van der Waals surface area contributed by atoms with Crippen molar-refractivity contribution in [3.05, 3.63) is 101 Å². The summed E-state index contributed by atoms with van der Waals surface area (Å²) in [5.74, 6) is 0.574. The molecule has 0 bridgehead atoms. The van der Waals surface area contributed by atoms with Crippen LogP contribution < -0.4 is 4.90 Å². The van der Waals surface area contributed by atoms with Crippen molar-refractivity contribution < 1.29 is 9.53 Å². The van der Waals surface area contributed by atoms with Gasteiger partial charge in [0.05, 0.1) is 12.2 Å². The van der Waals surface area contributed by atoms with Gasteiger partial charge in [0.1, 0.15) is 10.8 Å². The van der Waals surface area contributed by atoms with Crippen LogP contribution >= 0.6 is 11.3 Å². The summed E-state index contributed by atoms with van der Waals surface area (Å²) < 4.78 is 5.10. The molecule has 0 N–H and O–H groups in total. The highest BCUT2D eigenvalue weighted by Crippen LogP contribution is 2.33. The van der Waals surface area contributed by atoms with Gasteiger partial charge >= 0.3 is 5.97 Å². The first-order chi connectivity index (χ1) is 14.7. The van der Waals surface area contributed by atoms with Crippen LogP contribution in [0.15, 0.2) is 90.3 Å². The van der Waals surface area contributed by atoms with Crippen molar-refractivity contribution in [3.63, 3.8) is 0 Å². The second kappa shape index (κ2) is 9.37. The first kappa shape index (κ1) is 19.9. The SMILES string of the molecule is CCOC(=O)c1ccc(N(Cc2ccccc2)c2csc(-c3ccccc3)n2)cc1. The highest BCUT2D eigenvalue weighted by molar-refractivity contribution is 7.13. The van der Waals surface area contributed by atoms with Crippen LogP contribution in [-0.2, 0) is 11.3 Å². The van der Waals surface area contributed by atoms with E-state index >= 15 is 0 Å². The molecule has 4 nitrogen and oxygen atoms in total. The molecule has 3 aromatic carbocycles. The van der Waals surface area contributed by atoms with Gasteiger partial charge in [-0.25, -0.2) is 9.78 Å². The van der Waals surface area contributed by atoms with Gasteiger partial charge in [-0.3, -0.25) is 0 Å². The number of ether oxygens (including phenoxy) is 1. The van der Waals surface area contributed by atoms with E-state index in [9.17, 15) is 4.79 Å². The average Bonchev–Trinajstić information content (AvgIpc) is 3.29. The van der Waals surface area contributed by atoms with Crippen molar-refractivity contribution in [3.8, 4) is 10.6 Å². The highest BCUT2D eigenvalue weighted by atomic mass is 32.1. The average molecular weight is 415 g/mol. The number of hydrogen-bond acceptors (Lipinski definition) is 5. The van der Waals surface area contributed by atoms with Gasteiger partial charge in [0.2, 0.25) is 0 Å². The Morgan fingerprint density at radius 1 is 0.933 bits per heavy atom. The smallest absolute Gasteiger partial charge is 0.338 e. The molecule has 150 valence electrons. The molecule has 4 rings (SSSR count). The lowest BCUT2D eigenvalue weighted by Crippen LogP contribution is -2.17. The predicted octanol–water partition coefficient (Wildman–Crippen LogP) is 6.33. The molecule has 30 heavy (non-hydrogen) atoms. The summed E-state index contributed by atoms with van der Waals surface area (Å²) in [5.41, 5.74) is 3.80. The summed E-state index contributed by atoms with van der Waals surface area (Å²) in [6.07, 6.45) is 0. The maximum absolute atomic E-state index is 12.0. The van der Waals surface area contributed by atoms with Crippen LogP contribution in [0.3, 0.4) is 0 Å². The van der Waals surface area contributed by atoms with Crippen LogP contribution in [0, 0.1) is 0 Å². The number of hydrogen-bond donors (Lipinski definition) is 0. The molecule has 0 amide bonds. The van der Waals surface area contributed by atoms with Gasteiger partial charge in [-0.05, 0) is 36.8 Å².